The summed E-state index contributed by atoms with van der Waals surface area (Å²) in [5.74, 6) is 0. The average molecular weight is 136 g/mol. The minimum atomic E-state index is -0.330. The minimum Gasteiger partial charge on any atom is -0.379 e. The van der Waals surface area contributed by atoms with Crippen LogP contribution >= 0.6 is 0 Å². The second-order valence-corrected chi connectivity index (χ2v) is 2.77. The summed E-state index contributed by atoms with van der Waals surface area (Å²) in [5, 5.41) is 0. The normalized spacial score (nSPS) is 12.0. The molecule has 0 amide bonds. The fourth-order valence-electron chi connectivity index (χ4n) is 0.398. The van der Waals surface area contributed by atoms with E-state index in [0.29, 0.717) is 11.1 Å². The van der Waals surface area contributed by atoms with Gasteiger partial charge in [0.2, 0.25) is 6.80 Å². The molecule has 0 heterocycles. The maximum atomic E-state index is 12.0. The molecule has 0 rings (SSSR count). The van der Waals surface area contributed by atoms with Crippen molar-refractivity contribution in [2.75, 3.05) is 41.2 Å². The Kier molecular flexibility index (Phi) is 3.73. The topological polar surface area (TPSA) is 9.23 Å². The monoisotopic (exact) mass is 136 g/mol. The third kappa shape index (κ3) is 4.36. The third-order valence-corrected chi connectivity index (χ3v) is 1.22. The van der Waals surface area contributed by atoms with Gasteiger partial charge in [-0.3, -0.25) is 0 Å². The average Bonchev–Trinajstić information content (AvgIpc) is 1.84. The van der Waals surface area contributed by atoms with Crippen LogP contribution in [-0.2, 0) is 4.74 Å². The molecule has 0 spiro atoms. The van der Waals surface area contributed by atoms with Gasteiger partial charge in [0.1, 0.15) is 6.54 Å². The summed E-state index contributed by atoms with van der Waals surface area (Å²) in [4.78, 5) is 0. The molecule has 0 aromatic carbocycles. The quantitative estimate of drug-likeness (QED) is 0.407. The Morgan fingerprint density at radius 1 is 1.44 bits per heavy atom. The molecule has 3 heteroatoms. The second-order valence-electron chi connectivity index (χ2n) is 2.77. The number of rotatable bonds is 4. The summed E-state index contributed by atoms with van der Waals surface area (Å²) in [6, 6.07) is 0. The van der Waals surface area contributed by atoms with Crippen molar-refractivity contribution in [3.05, 3.63) is 0 Å². The van der Waals surface area contributed by atoms with Crippen LogP contribution in [0.25, 0.3) is 0 Å². The molecule has 56 valence electrons. The predicted molar refractivity (Wildman–Crippen MR) is 34.8 cm³/mol. The molecule has 0 atom stereocenters. The van der Waals surface area contributed by atoms with Crippen LogP contribution in [0.1, 0.15) is 0 Å². The third-order valence-electron chi connectivity index (χ3n) is 1.22. The number of hydrogen-bond acceptors (Lipinski definition) is 1. The van der Waals surface area contributed by atoms with E-state index in [1.807, 2.05) is 14.1 Å². The largest absolute Gasteiger partial charge is 0.379 e. The minimum absolute atomic E-state index is 0.330. The zero-order valence-electron chi connectivity index (χ0n) is 6.35. The summed E-state index contributed by atoms with van der Waals surface area (Å²) < 4.78 is 17.2. The molecule has 0 aliphatic carbocycles. The molecule has 0 N–H and O–H groups in total. The van der Waals surface area contributed by atoms with Crippen molar-refractivity contribution in [1.82, 2.24) is 0 Å². The maximum Gasteiger partial charge on any atom is 0.221 e. The van der Waals surface area contributed by atoms with Gasteiger partial charge in [-0.1, -0.05) is 0 Å². The SMILES string of the molecule is COCC[N+](C)(C)CF. The number of methoxy groups -OCH3 is 1. The van der Waals surface area contributed by atoms with Crippen LogP contribution in [0.2, 0.25) is 0 Å². The van der Waals surface area contributed by atoms with Gasteiger partial charge in [0.15, 0.2) is 0 Å². The van der Waals surface area contributed by atoms with Crippen LogP contribution in [-0.4, -0.2) is 45.6 Å². The zero-order chi connectivity index (χ0) is 7.33. The summed E-state index contributed by atoms with van der Waals surface area (Å²) in [5.41, 5.74) is 0. The van der Waals surface area contributed by atoms with E-state index in [1.165, 1.54) is 0 Å². The Bertz CT molecular complexity index is 75.5. The van der Waals surface area contributed by atoms with Crippen molar-refractivity contribution in [3.8, 4) is 0 Å². The lowest BCUT2D eigenvalue weighted by Crippen LogP contribution is -2.41. The molecule has 0 aliphatic heterocycles. The van der Waals surface area contributed by atoms with Crippen molar-refractivity contribution in [3.63, 3.8) is 0 Å². The predicted octanol–water partition coefficient (Wildman–Crippen LogP) is 0.636. The summed E-state index contributed by atoms with van der Waals surface area (Å²) in [6.07, 6.45) is 0. The van der Waals surface area contributed by atoms with Gasteiger partial charge in [0, 0.05) is 7.11 Å². The first-order chi connectivity index (χ1) is 4.12. The maximum absolute atomic E-state index is 12.0. The summed E-state index contributed by atoms with van der Waals surface area (Å²) in [6.45, 7) is 1.02. The molecule has 0 radical (unpaired) electrons. The lowest BCUT2D eigenvalue weighted by atomic mass is 10.5. The van der Waals surface area contributed by atoms with Crippen molar-refractivity contribution >= 4 is 0 Å². The molecule has 0 fully saturated rings. The smallest absolute Gasteiger partial charge is 0.221 e. The van der Waals surface area contributed by atoms with E-state index in [1.54, 1.807) is 7.11 Å². The van der Waals surface area contributed by atoms with Gasteiger partial charge in [-0.2, -0.15) is 4.39 Å². The molecule has 2 nitrogen and oxygen atoms in total. The van der Waals surface area contributed by atoms with E-state index in [-0.39, 0.29) is 6.80 Å². The van der Waals surface area contributed by atoms with Crippen LogP contribution in [0, 0.1) is 0 Å². The number of ether oxygens (including phenoxy) is 1. The van der Waals surface area contributed by atoms with Gasteiger partial charge < -0.3 is 9.22 Å². The van der Waals surface area contributed by atoms with Crippen LogP contribution < -0.4 is 0 Å². The fourth-order valence-corrected chi connectivity index (χ4v) is 0.398. The Morgan fingerprint density at radius 2 is 2.00 bits per heavy atom. The van der Waals surface area contributed by atoms with E-state index >= 15 is 0 Å². The molecule has 9 heavy (non-hydrogen) atoms. The van der Waals surface area contributed by atoms with Crippen LogP contribution in [0.3, 0.4) is 0 Å². The molecule has 0 saturated carbocycles. The number of quaternary nitrogens is 1. The molecular weight excluding hydrogens is 121 g/mol. The Hall–Kier alpha value is -0.150. The first kappa shape index (κ1) is 8.85. The van der Waals surface area contributed by atoms with Crippen molar-refractivity contribution in [2.24, 2.45) is 0 Å². The number of alkyl halides is 1. The van der Waals surface area contributed by atoms with E-state index in [2.05, 4.69) is 0 Å². The number of nitrogens with zero attached hydrogens (tertiary/aromatic N) is 1. The van der Waals surface area contributed by atoms with Crippen molar-refractivity contribution in [2.45, 2.75) is 0 Å². The highest BCUT2D eigenvalue weighted by atomic mass is 19.1. The van der Waals surface area contributed by atoms with Crippen LogP contribution in [0.5, 0.6) is 0 Å². The highest BCUT2D eigenvalue weighted by Gasteiger charge is 2.11. The van der Waals surface area contributed by atoms with Gasteiger partial charge in [-0.25, -0.2) is 0 Å². The summed E-state index contributed by atoms with van der Waals surface area (Å²) >= 11 is 0. The number of hydrogen-bond donors (Lipinski definition) is 0. The van der Waals surface area contributed by atoms with Gasteiger partial charge in [0.05, 0.1) is 20.7 Å². The van der Waals surface area contributed by atoms with E-state index in [9.17, 15) is 4.39 Å². The second kappa shape index (κ2) is 3.80. The molecule has 0 unspecified atom stereocenters. The highest BCUT2D eigenvalue weighted by Crippen LogP contribution is 1.95. The first-order valence-corrected chi connectivity index (χ1v) is 2.99. The van der Waals surface area contributed by atoms with Crippen LogP contribution in [0.4, 0.5) is 4.39 Å². The highest BCUT2D eigenvalue weighted by molar-refractivity contribution is 4.24. The molecule has 0 aromatic rings. The summed E-state index contributed by atoms with van der Waals surface area (Å²) in [7, 11) is 5.29. The number of likely N-dealkylation sites (N-methyl/N-ethyl adjacent to an activating group) is 1. The first-order valence-electron chi connectivity index (χ1n) is 2.99. The van der Waals surface area contributed by atoms with Gasteiger partial charge in [-0.15, -0.1) is 0 Å². The molecule has 0 saturated heterocycles. The van der Waals surface area contributed by atoms with Gasteiger partial charge in [-0.05, 0) is 0 Å². The Morgan fingerprint density at radius 3 is 2.33 bits per heavy atom. The van der Waals surface area contributed by atoms with Gasteiger partial charge in [0.25, 0.3) is 0 Å². The van der Waals surface area contributed by atoms with Crippen LogP contribution in [0.15, 0.2) is 0 Å². The van der Waals surface area contributed by atoms with E-state index in [0.717, 1.165) is 6.54 Å². The standard InChI is InChI=1S/C6H15FNO/c1-8(2,6-7)4-5-9-3/h4-6H2,1-3H3/q+1. The lowest BCUT2D eigenvalue weighted by Gasteiger charge is -2.24. The molecule has 0 aliphatic rings. The zero-order valence-corrected chi connectivity index (χ0v) is 6.35. The lowest BCUT2D eigenvalue weighted by molar-refractivity contribution is -0.903. The Balaban J connectivity index is 3.33. The molecule has 0 bridgehead atoms. The van der Waals surface area contributed by atoms with Crippen molar-refractivity contribution in [1.29, 1.82) is 0 Å². The number of halogens is 1. The van der Waals surface area contributed by atoms with E-state index in [4.69, 9.17) is 4.74 Å². The van der Waals surface area contributed by atoms with Gasteiger partial charge >= 0.3 is 0 Å². The van der Waals surface area contributed by atoms with Crippen molar-refractivity contribution < 1.29 is 13.6 Å². The fraction of sp³-hybridized carbons (Fsp3) is 1.00. The Labute approximate surface area is 55.8 Å². The molecule has 0 aromatic heterocycles. The van der Waals surface area contributed by atoms with E-state index < -0.39 is 0 Å². The molecular formula is C6H15FNO+.